The molecule has 0 radical (unpaired) electrons. The van der Waals surface area contributed by atoms with E-state index in [1.807, 2.05) is 0 Å². The van der Waals surface area contributed by atoms with Gasteiger partial charge < -0.3 is 5.32 Å². The molecule has 1 atom stereocenters. The Morgan fingerprint density at radius 3 is 2.32 bits per heavy atom. The molecule has 5 heteroatoms. The molecule has 0 aromatic heterocycles. The normalized spacial score (nSPS) is 13.0. The van der Waals surface area contributed by atoms with Gasteiger partial charge in [-0.3, -0.25) is 0 Å². The Morgan fingerprint density at radius 2 is 1.89 bits per heavy atom. The van der Waals surface area contributed by atoms with Crippen molar-refractivity contribution in [2.24, 2.45) is 0 Å². The second-order valence-corrected chi connectivity index (χ2v) is 6.62. The van der Waals surface area contributed by atoms with E-state index in [0.717, 1.165) is 12.1 Å². The van der Waals surface area contributed by atoms with Gasteiger partial charge in [0.1, 0.15) is 0 Å². The summed E-state index contributed by atoms with van der Waals surface area (Å²) < 4.78 is 25.0. The molecule has 0 fully saturated rings. The topological polar surface area (TPSA) is 49.4 Å². The van der Waals surface area contributed by atoms with Crippen molar-refractivity contribution in [2.75, 3.05) is 19.4 Å². The summed E-state index contributed by atoms with van der Waals surface area (Å²) in [4.78, 5) is 0.285. The molecule has 4 nitrogen and oxygen atoms in total. The van der Waals surface area contributed by atoms with Gasteiger partial charge >= 0.3 is 0 Å². The molecule has 0 aliphatic heterocycles. The van der Waals surface area contributed by atoms with Gasteiger partial charge in [-0.1, -0.05) is 6.92 Å². The first kappa shape index (κ1) is 15.5. The van der Waals surface area contributed by atoms with Crippen LogP contribution < -0.4 is 5.32 Å². The maximum atomic E-state index is 11.9. The summed E-state index contributed by atoms with van der Waals surface area (Å²) in [6.07, 6.45) is 6.86. The number of hydrogen-bond donors (Lipinski definition) is 1. The minimum Gasteiger partial charge on any atom is -0.381 e. The summed E-state index contributed by atoms with van der Waals surface area (Å²) in [5, 5.41) is 3.29. The zero-order valence-corrected chi connectivity index (χ0v) is 12.4. The Bertz CT molecular complexity index is 542. The molecular formula is C14H20N2O2S. The third-order valence-corrected chi connectivity index (χ3v) is 4.69. The highest BCUT2D eigenvalue weighted by Gasteiger charge is 2.16. The first-order chi connectivity index (χ1) is 8.91. The van der Waals surface area contributed by atoms with Crippen LogP contribution in [-0.2, 0) is 10.0 Å². The number of anilines is 1. The molecule has 1 N–H and O–H groups in total. The van der Waals surface area contributed by atoms with Crippen LogP contribution in [0.15, 0.2) is 29.2 Å². The van der Waals surface area contributed by atoms with E-state index >= 15 is 0 Å². The molecule has 1 rings (SSSR count). The second kappa shape index (κ2) is 6.60. The van der Waals surface area contributed by atoms with Gasteiger partial charge in [-0.2, -0.15) is 0 Å². The van der Waals surface area contributed by atoms with Crippen molar-refractivity contribution >= 4 is 15.7 Å². The highest BCUT2D eigenvalue weighted by Crippen LogP contribution is 2.18. The average Bonchev–Trinajstić information content (AvgIpc) is 2.38. The van der Waals surface area contributed by atoms with Gasteiger partial charge in [0.2, 0.25) is 10.0 Å². The van der Waals surface area contributed by atoms with Crippen LogP contribution in [0.5, 0.6) is 0 Å². The highest BCUT2D eigenvalue weighted by molar-refractivity contribution is 7.89. The fourth-order valence-electron chi connectivity index (χ4n) is 1.61. The first-order valence-electron chi connectivity index (χ1n) is 6.14. The number of nitrogens with zero attached hydrogens (tertiary/aromatic N) is 1. The maximum absolute atomic E-state index is 11.9. The fourth-order valence-corrected chi connectivity index (χ4v) is 2.51. The lowest BCUT2D eigenvalue weighted by Crippen LogP contribution is -2.22. The summed E-state index contributed by atoms with van der Waals surface area (Å²) in [5.41, 5.74) is 0.875. The van der Waals surface area contributed by atoms with Crippen molar-refractivity contribution in [3.05, 3.63) is 24.3 Å². The van der Waals surface area contributed by atoms with Gasteiger partial charge in [0.15, 0.2) is 0 Å². The van der Waals surface area contributed by atoms with Gasteiger partial charge in [-0.15, -0.1) is 12.3 Å². The number of hydrogen-bond acceptors (Lipinski definition) is 3. The van der Waals surface area contributed by atoms with E-state index < -0.39 is 10.0 Å². The molecule has 0 aliphatic rings. The van der Waals surface area contributed by atoms with E-state index in [1.165, 1.54) is 18.4 Å². The van der Waals surface area contributed by atoms with E-state index in [1.54, 1.807) is 24.3 Å². The van der Waals surface area contributed by atoms with Crippen LogP contribution in [0.2, 0.25) is 0 Å². The highest BCUT2D eigenvalue weighted by atomic mass is 32.2. The number of terminal acetylenes is 1. The maximum Gasteiger partial charge on any atom is 0.242 e. The lowest BCUT2D eigenvalue weighted by atomic mass is 10.1. The lowest BCUT2D eigenvalue weighted by molar-refractivity contribution is 0.521. The number of benzene rings is 1. The molecule has 0 amide bonds. The largest absolute Gasteiger partial charge is 0.381 e. The van der Waals surface area contributed by atoms with Crippen molar-refractivity contribution in [1.82, 2.24) is 4.31 Å². The van der Waals surface area contributed by atoms with Crippen LogP contribution in [0, 0.1) is 12.3 Å². The molecule has 1 unspecified atom stereocenters. The van der Waals surface area contributed by atoms with Crippen LogP contribution >= 0.6 is 0 Å². The van der Waals surface area contributed by atoms with Gasteiger partial charge in [-0.05, 0) is 30.7 Å². The molecule has 0 heterocycles. The van der Waals surface area contributed by atoms with Crippen LogP contribution in [0.4, 0.5) is 5.69 Å². The monoisotopic (exact) mass is 280 g/mol. The molecule has 104 valence electrons. The van der Waals surface area contributed by atoms with Crippen LogP contribution in [0.1, 0.15) is 19.8 Å². The molecule has 0 spiro atoms. The van der Waals surface area contributed by atoms with Gasteiger partial charge in [0, 0.05) is 32.2 Å². The zero-order valence-electron chi connectivity index (χ0n) is 11.6. The molecule has 19 heavy (non-hydrogen) atoms. The number of sulfonamides is 1. The smallest absolute Gasteiger partial charge is 0.242 e. The quantitative estimate of drug-likeness (QED) is 0.812. The predicted octanol–water partition coefficient (Wildman–Crippen LogP) is 2.15. The standard InChI is InChI=1S/C14H20N2O2S/c1-5-7-12(6-2)15-13-8-10-14(11-9-13)19(17,18)16(3)4/h1,8-12,15H,6-7H2,2-4H3. The Balaban J connectivity index is 2.86. The van der Waals surface area contributed by atoms with Crippen molar-refractivity contribution in [2.45, 2.75) is 30.7 Å². The molecule has 0 saturated carbocycles. The molecule has 1 aromatic carbocycles. The number of rotatable bonds is 6. The Labute approximate surface area is 115 Å². The summed E-state index contributed by atoms with van der Waals surface area (Å²) in [7, 11) is -0.334. The summed E-state index contributed by atoms with van der Waals surface area (Å²) in [6, 6.07) is 6.92. The summed E-state index contributed by atoms with van der Waals surface area (Å²) >= 11 is 0. The zero-order chi connectivity index (χ0) is 14.5. The van der Waals surface area contributed by atoms with E-state index in [-0.39, 0.29) is 10.9 Å². The van der Waals surface area contributed by atoms with Gasteiger partial charge in [-0.25, -0.2) is 12.7 Å². The Kier molecular flexibility index (Phi) is 5.40. The third kappa shape index (κ3) is 3.98. The summed E-state index contributed by atoms with van der Waals surface area (Å²) in [6.45, 7) is 2.06. The van der Waals surface area contributed by atoms with Crippen LogP contribution in [-0.4, -0.2) is 32.9 Å². The van der Waals surface area contributed by atoms with Crippen molar-refractivity contribution in [3.8, 4) is 12.3 Å². The van der Waals surface area contributed by atoms with Gasteiger partial charge in [0.05, 0.1) is 4.90 Å². The minimum absolute atomic E-state index is 0.210. The molecule has 1 aromatic rings. The van der Waals surface area contributed by atoms with E-state index in [2.05, 4.69) is 18.2 Å². The first-order valence-corrected chi connectivity index (χ1v) is 7.58. The average molecular weight is 280 g/mol. The fraction of sp³-hybridized carbons (Fsp3) is 0.429. The lowest BCUT2D eigenvalue weighted by Gasteiger charge is -2.16. The molecule has 0 bridgehead atoms. The summed E-state index contributed by atoms with van der Waals surface area (Å²) in [5.74, 6) is 2.62. The van der Waals surface area contributed by atoms with Crippen molar-refractivity contribution in [1.29, 1.82) is 0 Å². The molecule has 0 aliphatic carbocycles. The molecule has 0 saturated heterocycles. The van der Waals surface area contributed by atoms with E-state index in [9.17, 15) is 8.42 Å². The van der Waals surface area contributed by atoms with Crippen molar-refractivity contribution < 1.29 is 8.42 Å². The SMILES string of the molecule is C#CCC(CC)Nc1ccc(S(=O)(=O)N(C)C)cc1. The Morgan fingerprint density at radius 1 is 1.32 bits per heavy atom. The Hall–Kier alpha value is -1.51. The van der Waals surface area contributed by atoms with E-state index in [4.69, 9.17) is 6.42 Å². The third-order valence-electron chi connectivity index (χ3n) is 2.86. The molecular weight excluding hydrogens is 260 g/mol. The van der Waals surface area contributed by atoms with Crippen molar-refractivity contribution in [3.63, 3.8) is 0 Å². The number of nitrogens with one attached hydrogen (secondary N) is 1. The minimum atomic E-state index is -3.36. The van der Waals surface area contributed by atoms with Crippen LogP contribution in [0.3, 0.4) is 0 Å². The predicted molar refractivity (Wildman–Crippen MR) is 78.5 cm³/mol. The second-order valence-electron chi connectivity index (χ2n) is 4.47. The van der Waals surface area contributed by atoms with Crippen LogP contribution in [0.25, 0.3) is 0 Å². The van der Waals surface area contributed by atoms with Gasteiger partial charge in [0.25, 0.3) is 0 Å². The van der Waals surface area contributed by atoms with E-state index in [0.29, 0.717) is 6.42 Å².